The van der Waals surface area contributed by atoms with Gasteiger partial charge in [0.15, 0.2) is 0 Å². The topological polar surface area (TPSA) is 0 Å². The summed E-state index contributed by atoms with van der Waals surface area (Å²) < 4.78 is 0. The Bertz CT molecular complexity index is 70.9. The van der Waals surface area contributed by atoms with Crippen molar-refractivity contribution in [1.29, 1.82) is 0 Å². The lowest BCUT2D eigenvalue weighted by Gasteiger charge is -1.90. The second-order valence-electron chi connectivity index (χ2n) is 1.63. The molecule has 0 aliphatic carbocycles. The molecule has 1 heteroatoms. The molecular weight excluding hydrogens is 116 g/mol. The molecule has 0 N–H and O–H groups in total. The number of hydrogen-bond acceptors (Lipinski definition) is 1. The van der Waals surface area contributed by atoms with Crippen LogP contribution in [0.5, 0.6) is 0 Å². The summed E-state index contributed by atoms with van der Waals surface area (Å²) in [6.45, 7) is 0. The molecule has 0 unspecified atom stereocenters. The number of unbranched alkanes of at least 4 members (excludes halogenated alkanes) is 2. The van der Waals surface area contributed by atoms with Gasteiger partial charge in [0.05, 0.1) is 0 Å². The minimum Gasteiger partial charge on any atom is -0.165 e. The smallest absolute Gasteiger partial charge is 0.00992 e. The summed E-state index contributed by atoms with van der Waals surface area (Å²) >= 11 is 1.86. The van der Waals surface area contributed by atoms with Crippen molar-refractivity contribution in [2.75, 3.05) is 12.0 Å². The predicted molar refractivity (Wildman–Crippen MR) is 39.4 cm³/mol. The zero-order valence-corrected chi connectivity index (χ0v) is 6.05. The summed E-state index contributed by atoms with van der Waals surface area (Å²) in [6, 6.07) is 0. The third kappa shape index (κ3) is 5.91. The molecule has 0 rings (SSSR count). The maximum Gasteiger partial charge on any atom is 0.00992 e. The van der Waals surface area contributed by atoms with Crippen LogP contribution in [0.4, 0.5) is 0 Å². The summed E-state index contributed by atoms with van der Waals surface area (Å²) in [5.41, 5.74) is 0. The highest BCUT2D eigenvalue weighted by molar-refractivity contribution is 7.98. The van der Waals surface area contributed by atoms with Crippen LogP contribution < -0.4 is 0 Å². The Morgan fingerprint density at radius 3 is 2.75 bits per heavy atom. The van der Waals surface area contributed by atoms with Crippen molar-refractivity contribution in [3.63, 3.8) is 0 Å². The van der Waals surface area contributed by atoms with Crippen LogP contribution in [0.3, 0.4) is 0 Å². The third-order valence-electron chi connectivity index (χ3n) is 0.900. The molecule has 0 aliphatic heterocycles. The highest BCUT2D eigenvalue weighted by Crippen LogP contribution is 2.00. The maximum absolute atomic E-state index is 6.58. The van der Waals surface area contributed by atoms with E-state index in [0.717, 1.165) is 12.8 Å². The lowest BCUT2D eigenvalue weighted by atomic mass is 10.3. The van der Waals surface area contributed by atoms with Crippen LogP contribution in [0.1, 0.15) is 19.3 Å². The van der Waals surface area contributed by atoms with Gasteiger partial charge in [0.25, 0.3) is 0 Å². The normalized spacial score (nSPS) is 8.50. The Morgan fingerprint density at radius 1 is 1.50 bits per heavy atom. The molecule has 0 heterocycles. The van der Waals surface area contributed by atoms with Crippen molar-refractivity contribution >= 4 is 11.8 Å². The van der Waals surface area contributed by atoms with Crippen LogP contribution in [-0.2, 0) is 0 Å². The Hall–Kier alpha value is -0.0900. The molecule has 0 fully saturated rings. The average Bonchev–Trinajstić information content (AvgIpc) is 1.81. The highest BCUT2D eigenvalue weighted by Gasteiger charge is 1.82. The van der Waals surface area contributed by atoms with E-state index in [4.69, 9.17) is 6.42 Å². The van der Waals surface area contributed by atoms with Gasteiger partial charge in [-0.3, -0.25) is 0 Å². The quantitative estimate of drug-likeness (QED) is 0.411. The number of rotatable bonds is 4. The summed E-state index contributed by atoms with van der Waals surface area (Å²) in [7, 11) is 0. The van der Waals surface area contributed by atoms with Crippen LogP contribution in [-0.4, -0.2) is 12.0 Å². The van der Waals surface area contributed by atoms with Gasteiger partial charge in [-0.15, -0.1) is 0 Å². The van der Waals surface area contributed by atoms with Crippen LogP contribution in [0.15, 0.2) is 0 Å². The van der Waals surface area contributed by atoms with E-state index in [1.807, 2.05) is 11.8 Å². The first kappa shape index (κ1) is 7.91. The van der Waals surface area contributed by atoms with Gasteiger partial charge in [-0.1, -0.05) is 5.92 Å². The molecule has 0 atom stereocenters. The summed E-state index contributed by atoms with van der Waals surface area (Å²) in [5, 5.41) is 0. The van der Waals surface area contributed by atoms with Crippen molar-refractivity contribution in [3.05, 3.63) is 6.42 Å². The van der Waals surface area contributed by atoms with Gasteiger partial charge >= 0.3 is 0 Å². The minimum atomic E-state index is 0.834. The Balaban J connectivity index is 2.65. The third-order valence-corrected chi connectivity index (χ3v) is 1.60. The number of thioether (sulfide) groups is 1. The molecular formula is C7H11S. The zero-order chi connectivity index (χ0) is 6.24. The molecule has 0 aromatic heterocycles. The molecule has 0 nitrogen and oxygen atoms in total. The van der Waals surface area contributed by atoms with Crippen LogP contribution >= 0.6 is 11.8 Å². The van der Waals surface area contributed by atoms with E-state index in [1.54, 1.807) is 0 Å². The van der Waals surface area contributed by atoms with Crippen molar-refractivity contribution < 1.29 is 0 Å². The molecule has 0 aromatic carbocycles. The molecule has 0 saturated heterocycles. The molecule has 0 aliphatic rings. The van der Waals surface area contributed by atoms with E-state index in [-0.39, 0.29) is 0 Å². The van der Waals surface area contributed by atoms with Gasteiger partial charge in [0, 0.05) is 6.42 Å². The Kier molecular flexibility index (Phi) is 6.83. The Labute approximate surface area is 56.1 Å². The van der Waals surface area contributed by atoms with Gasteiger partial charge in [0.1, 0.15) is 0 Å². The highest BCUT2D eigenvalue weighted by atomic mass is 32.2. The monoisotopic (exact) mass is 127 g/mol. The Morgan fingerprint density at radius 2 is 2.25 bits per heavy atom. The fourth-order valence-corrected chi connectivity index (χ4v) is 0.953. The molecule has 0 bridgehead atoms. The lowest BCUT2D eigenvalue weighted by molar-refractivity contribution is 0.837. The molecule has 8 heavy (non-hydrogen) atoms. The largest absolute Gasteiger partial charge is 0.165 e. The first-order chi connectivity index (χ1) is 3.91. The van der Waals surface area contributed by atoms with Crippen LogP contribution in [0.2, 0.25) is 0 Å². The van der Waals surface area contributed by atoms with Crippen LogP contribution in [0.25, 0.3) is 0 Å². The molecule has 0 aromatic rings. The van der Waals surface area contributed by atoms with Gasteiger partial charge in [-0.05, 0) is 31.3 Å². The van der Waals surface area contributed by atoms with Gasteiger partial charge in [0.2, 0.25) is 0 Å². The predicted octanol–water partition coefficient (Wildman–Crippen LogP) is 2.11. The van der Waals surface area contributed by atoms with Crippen molar-refractivity contribution in [2.45, 2.75) is 19.3 Å². The van der Waals surface area contributed by atoms with Gasteiger partial charge in [-0.25, -0.2) is 0 Å². The molecule has 0 spiro atoms. The summed E-state index contributed by atoms with van der Waals surface area (Å²) in [4.78, 5) is 0. The summed E-state index contributed by atoms with van der Waals surface area (Å²) in [6.07, 6.45) is 11.9. The first-order valence-electron chi connectivity index (χ1n) is 2.80. The molecule has 45 valence electrons. The van der Waals surface area contributed by atoms with Crippen molar-refractivity contribution in [2.24, 2.45) is 0 Å². The molecule has 1 radical (unpaired) electrons. The zero-order valence-electron chi connectivity index (χ0n) is 5.24. The average molecular weight is 127 g/mol. The van der Waals surface area contributed by atoms with E-state index in [9.17, 15) is 0 Å². The minimum absolute atomic E-state index is 0.834. The van der Waals surface area contributed by atoms with Gasteiger partial charge in [-0.2, -0.15) is 11.8 Å². The van der Waals surface area contributed by atoms with E-state index < -0.39 is 0 Å². The lowest BCUT2D eigenvalue weighted by Crippen LogP contribution is -1.76. The number of hydrogen-bond donors (Lipinski definition) is 0. The fraction of sp³-hybridized carbons (Fsp3) is 0.714. The molecule has 0 amide bonds. The standard InChI is InChI=1S/C7H11S/c1-3-4-5-6-7-8-2/h4-7H2,2H3. The maximum atomic E-state index is 6.58. The second kappa shape index (κ2) is 6.91. The van der Waals surface area contributed by atoms with Gasteiger partial charge < -0.3 is 0 Å². The summed E-state index contributed by atoms with van der Waals surface area (Å²) in [5.74, 6) is 3.59. The fourth-order valence-electron chi connectivity index (χ4n) is 0.460. The first-order valence-corrected chi connectivity index (χ1v) is 4.19. The van der Waals surface area contributed by atoms with Crippen molar-refractivity contribution in [3.8, 4) is 5.92 Å². The van der Waals surface area contributed by atoms with E-state index in [0.29, 0.717) is 0 Å². The SMILES string of the molecule is [C]#CCCCCSC. The van der Waals surface area contributed by atoms with E-state index in [2.05, 4.69) is 12.2 Å². The van der Waals surface area contributed by atoms with Crippen LogP contribution in [0, 0.1) is 12.3 Å². The second-order valence-corrected chi connectivity index (χ2v) is 2.61. The van der Waals surface area contributed by atoms with Crippen molar-refractivity contribution in [1.82, 2.24) is 0 Å². The van der Waals surface area contributed by atoms with E-state index >= 15 is 0 Å². The van der Waals surface area contributed by atoms with E-state index in [1.165, 1.54) is 12.2 Å². The molecule has 0 saturated carbocycles.